The zero-order chi connectivity index (χ0) is 23.0. The van der Waals surface area contributed by atoms with Gasteiger partial charge in [0.25, 0.3) is 0 Å². The Morgan fingerprint density at radius 3 is 2.44 bits per heavy atom. The van der Waals surface area contributed by atoms with E-state index in [-0.39, 0.29) is 10.2 Å². The van der Waals surface area contributed by atoms with Crippen molar-refractivity contribution in [2.24, 2.45) is 0 Å². The van der Waals surface area contributed by atoms with E-state index in [4.69, 9.17) is 17.0 Å². The zero-order valence-corrected chi connectivity index (χ0v) is 18.2. The van der Waals surface area contributed by atoms with E-state index in [0.29, 0.717) is 17.7 Å². The van der Waals surface area contributed by atoms with E-state index in [1.165, 1.54) is 4.57 Å². The largest absolute Gasteiger partial charge is 0.394 e. The number of nitriles is 1. The third-order valence-electron chi connectivity index (χ3n) is 6.00. The number of rotatable bonds is 4. The molecule has 3 aromatic rings. The first kappa shape index (κ1) is 22.6. The highest BCUT2D eigenvalue weighted by molar-refractivity contribution is 7.71. The number of hydrogen-bond acceptors (Lipinski definition) is 7. The molecule has 5 atom stereocenters. The number of benzene rings is 2. The molecule has 1 fully saturated rings. The maximum absolute atomic E-state index is 10.6. The van der Waals surface area contributed by atoms with Crippen molar-refractivity contribution >= 4 is 23.0 Å². The maximum atomic E-state index is 10.6. The second-order valence-electron chi connectivity index (χ2n) is 7.81. The standard InChI is InChI=1S/C24H24N2O5S/c1-2-14-10-17(16-9-5-7-13-6-3-4-8-15(13)16)18(11-25)24(32)26(14)23-22(30)21(29)20(28)19(12-27)31-23/h3-10,19-23,27-30H,2,12H2,1H3/t19-,20-,21+,22-,23-/m1/s1. The van der Waals surface area contributed by atoms with Crippen molar-refractivity contribution < 1.29 is 25.2 Å². The molecule has 4 rings (SSSR count). The third kappa shape index (κ3) is 3.63. The van der Waals surface area contributed by atoms with Gasteiger partial charge in [0.05, 0.1) is 12.2 Å². The van der Waals surface area contributed by atoms with E-state index >= 15 is 0 Å². The summed E-state index contributed by atoms with van der Waals surface area (Å²) < 4.78 is 7.39. The van der Waals surface area contributed by atoms with Crippen LogP contribution in [-0.4, -0.2) is 56.0 Å². The molecular formula is C24H24N2O5S. The van der Waals surface area contributed by atoms with Gasteiger partial charge in [-0.1, -0.05) is 61.6 Å². The van der Waals surface area contributed by atoms with Gasteiger partial charge in [0.15, 0.2) is 6.23 Å². The van der Waals surface area contributed by atoms with Crippen LogP contribution in [-0.2, 0) is 11.2 Å². The minimum absolute atomic E-state index is 0.152. The van der Waals surface area contributed by atoms with Gasteiger partial charge in [-0.2, -0.15) is 5.26 Å². The Balaban J connectivity index is 1.94. The fourth-order valence-electron chi connectivity index (χ4n) is 4.30. The first-order chi connectivity index (χ1) is 15.4. The number of aliphatic hydroxyl groups excluding tert-OH is 4. The smallest absolute Gasteiger partial charge is 0.164 e. The zero-order valence-electron chi connectivity index (χ0n) is 17.4. The summed E-state index contributed by atoms with van der Waals surface area (Å²) in [5.41, 5.74) is 2.46. The van der Waals surface area contributed by atoms with Crippen LogP contribution in [0.2, 0.25) is 0 Å². The van der Waals surface area contributed by atoms with Crippen LogP contribution in [0, 0.1) is 16.0 Å². The van der Waals surface area contributed by atoms with Crippen molar-refractivity contribution in [1.82, 2.24) is 4.57 Å². The molecule has 166 valence electrons. The van der Waals surface area contributed by atoms with Crippen molar-refractivity contribution in [3.05, 3.63) is 64.4 Å². The summed E-state index contributed by atoms with van der Waals surface area (Å²) in [6, 6.07) is 17.8. The molecule has 2 aromatic carbocycles. The Bertz CT molecular complexity index is 1240. The number of fused-ring (bicyclic) bond motifs is 1. The number of ether oxygens (including phenoxy) is 1. The Labute approximate surface area is 190 Å². The summed E-state index contributed by atoms with van der Waals surface area (Å²) in [5.74, 6) is 0. The average Bonchev–Trinajstić information content (AvgIpc) is 2.82. The number of aliphatic hydroxyl groups is 4. The minimum Gasteiger partial charge on any atom is -0.394 e. The summed E-state index contributed by atoms with van der Waals surface area (Å²) in [6.45, 7) is 1.36. The molecule has 32 heavy (non-hydrogen) atoms. The predicted molar refractivity (Wildman–Crippen MR) is 121 cm³/mol. The lowest BCUT2D eigenvalue weighted by Gasteiger charge is -2.41. The molecule has 4 N–H and O–H groups in total. The maximum Gasteiger partial charge on any atom is 0.164 e. The summed E-state index contributed by atoms with van der Waals surface area (Å²) >= 11 is 5.67. The monoisotopic (exact) mass is 452 g/mol. The van der Waals surface area contributed by atoms with Gasteiger partial charge < -0.3 is 29.7 Å². The topological polar surface area (TPSA) is 119 Å². The summed E-state index contributed by atoms with van der Waals surface area (Å²) in [6.07, 6.45) is -6.26. The van der Waals surface area contributed by atoms with Gasteiger partial charge in [-0.05, 0) is 28.8 Å². The van der Waals surface area contributed by atoms with Gasteiger partial charge in [-0.3, -0.25) is 0 Å². The number of hydrogen-bond donors (Lipinski definition) is 4. The highest BCUT2D eigenvalue weighted by Gasteiger charge is 2.44. The second kappa shape index (κ2) is 9.08. The Hall–Kier alpha value is -2.64. The lowest BCUT2D eigenvalue weighted by molar-refractivity contribution is -0.252. The molecule has 0 bridgehead atoms. The summed E-state index contributed by atoms with van der Waals surface area (Å²) in [5, 5.41) is 52.6. The SMILES string of the molecule is CCc1cc(-c2cccc3ccccc23)c(C#N)c(=S)n1[C@@H]1O[C@H](CO)[C@@H](O)[C@H](O)[C@H]1O. The Morgan fingerprint density at radius 2 is 1.75 bits per heavy atom. The average molecular weight is 453 g/mol. The van der Waals surface area contributed by atoms with Crippen LogP contribution >= 0.6 is 12.2 Å². The fraction of sp³-hybridized carbons (Fsp3) is 0.333. The number of aryl methyl sites for hydroxylation is 1. The van der Waals surface area contributed by atoms with Gasteiger partial charge in [0.2, 0.25) is 0 Å². The van der Waals surface area contributed by atoms with Gasteiger partial charge in [-0.25, -0.2) is 0 Å². The number of pyridine rings is 1. The van der Waals surface area contributed by atoms with E-state index in [1.54, 1.807) is 0 Å². The van der Waals surface area contributed by atoms with Gasteiger partial charge >= 0.3 is 0 Å². The third-order valence-corrected chi connectivity index (χ3v) is 6.40. The molecule has 0 aliphatic carbocycles. The van der Waals surface area contributed by atoms with Crippen molar-refractivity contribution in [2.45, 2.75) is 44.0 Å². The van der Waals surface area contributed by atoms with E-state index in [9.17, 15) is 25.7 Å². The van der Waals surface area contributed by atoms with Gasteiger partial charge in [0.1, 0.15) is 35.1 Å². The molecule has 0 spiro atoms. The molecule has 7 nitrogen and oxygen atoms in total. The van der Waals surface area contributed by atoms with Crippen LogP contribution in [0.1, 0.15) is 24.4 Å². The van der Waals surface area contributed by atoms with Gasteiger partial charge in [-0.15, -0.1) is 0 Å². The molecule has 0 saturated carbocycles. The summed E-state index contributed by atoms with van der Waals surface area (Å²) in [7, 11) is 0. The van der Waals surface area contributed by atoms with Crippen LogP contribution < -0.4 is 0 Å². The van der Waals surface area contributed by atoms with Crippen LogP contribution in [0.5, 0.6) is 0 Å². The quantitative estimate of drug-likeness (QED) is 0.449. The first-order valence-electron chi connectivity index (χ1n) is 10.4. The number of aromatic nitrogens is 1. The lowest BCUT2D eigenvalue weighted by Crippen LogP contribution is -2.56. The van der Waals surface area contributed by atoms with E-state index in [0.717, 1.165) is 16.3 Å². The highest BCUT2D eigenvalue weighted by atomic mass is 32.1. The van der Waals surface area contributed by atoms with Crippen molar-refractivity contribution in [1.29, 1.82) is 5.26 Å². The van der Waals surface area contributed by atoms with Crippen molar-refractivity contribution in [3.8, 4) is 17.2 Å². The number of nitrogens with zero attached hydrogens (tertiary/aromatic N) is 2. The molecule has 0 amide bonds. The van der Waals surface area contributed by atoms with E-state index in [1.807, 2.05) is 55.5 Å². The predicted octanol–water partition coefficient (Wildman–Crippen LogP) is 2.44. The first-order valence-corrected chi connectivity index (χ1v) is 10.8. The van der Waals surface area contributed by atoms with Crippen molar-refractivity contribution in [2.75, 3.05) is 6.61 Å². The fourth-order valence-corrected chi connectivity index (χ4v) is 4.68. The highest BCUT2D eigenvalue weighted by Crippen LogP contribution is 2.36. The molecule has 2 heterocycles. The Morgan fingerprint density at radius 1 is 1.03 bits per heavy atom. The Kier molecular flexibility index (Phi) is 6.40. The minimum atomic E-state index is -1.54. The molecule has 1 aliphatic rings. The molecule has 1 saturated heterocycles. The second-order valence-corrected chi connectivity index (χ2v) is 8.20. The molecular weight excluding hydrogens is 428 g/mol. The molecule has 0 radical (unpaired) electrons. The molecule has 0 unspecified atom stereocenters. The van der Waals surface area contributed by atoms with E-state index < -0.39 is 37.3 Å². The van der Waals surface area contributed by atoms with Crippen LogP contribution in [0.15, 0.2) is 48.5 Å². The van der Waals surface area contributed by atoms with Crippen LogP contribution in [0.25, 0.3) is 21.9 Å². The normalized spacial score (nSPS) is 25.6. The van der Waals surface area contributed by atoms with Crippen molar-refractivity contribution in [3.63, 3.8) is 0 Å². The molecule has 8 heteroatoms. The lowest BCUT2D eigenvalue weighted by atomic mass is 9.94. The molecule has 1 aromatic heterocycles. The van der Waals surface area contributed by atoms with Crippen LogP contribution in [0.3, 0.4) is 0 Å². The van der Waals surface area contributed by atoms with Crippen LogP contribution in [0.4, 0.5) is 0 Å². The molecule has 1 aliphatic heterocycles. The van der Waals surface area contributed by atoms with Gasteiger partial charge in [0, 0.05) is 11.3 Å². The summed E-state index contributed by atoms with van der Waals surface area (Å²) in [4.78, 5) is 0. The van der Waals surface area contributed by atoms with E-state index in [2.05, 4.69) is 6.07 Å².